The molecule has 0 saturated carbocycles. The minimum absolute atomic E-state index is 0.0111. The predicted octanol–water partition coefficient (Wildman–Crippen LogP) is 3.94. The first kappa shape index (κ1) is 19.7. The summed E-state index contributed by atoms with van der Waals surface area (Å²) in [4.78, 5) is 14.9. The third-order valence-corrected chi connectivity index (χ3v) is 5.80. The van der Waals surface area contributed by atoms with Crippen LogP contribution in [0, 0.1) is 0 Å². The van der Waals surface area contributed by atoms with Gasteiger partial charge in [0.15, 0.2) is 11.5 Å². The van der Waals surface area contributed by atoms with E-state index in [0.717, 1.165) is 31.5 Å². The van der Waals surface area contributed by atoms with Crippen LogP contribution in [0.1, 0.15) is 40.2 Å². The highest BCUT2D eigenvalue weighted by molar-refractivity contribution is 9.10. The fourth-order valence-corrected chi connectivity index (χ4v) is 4.07. The first-order chi connectivity index (χ1) is 13.1. The molecule has 3 rings (SSSR count). The number of nitrogens with zero attached hydrogens (tertiary/aromatic N) is 1. The van der Waals surface area contributed by atoms with Crippen LogP contribution in [0.2, 0.25) is 0 Å². The zero-order valence-electron chi connectivity index (χ0n) is 15.7. The molecule has 1 heterocycles. The Morgan fingerprint density at radius 1 is 1.15 bits per heavy atom. The Bertz CT molecular complexity index is 817. The van der Waals surface area contributed by atoms with E-state index in [-0.39, 0.29) is 5.91 Å². The molecule has 1 aliphatic heterocycles. The first-order valence-electron chi connectivity index (χ1n) is 9.07. The number of methoxy groups -OCH3 is 2. The predicted molar refractivity (Wildman–Crippen MR) is 109 cm³/mol. The maximum atomic E-state index is 13.0. The molecule has 0 atom stereocenters. The minimum atomic E-state index is 0.0111. The summed E-state index contributed by atoms with van der Waals surface area (Å²) in [5.74, 6) is 1.63. The van der Waals surface area contributed by atoms with E-state index in [1.54, 1.807) is 26.4 Å². The summed E-state index contributed by atoms with van der Waals surface area (Å²) < 4.78 is 11.3. The van der Waals surface area contributed by atoms with Gasteiger partial charge in [-0.25, -0.2) is 0 Å². The van der Waals surface area contributed by atoms with E-state index in [0.29, 0.717) is 34.0 Å². The molecule has 2 N–H and O–H groups in total. The largest absolute Gasteiger partial charge is 0.493 e. The third-order valence-electron chi connectivity index (χ3n) is 5.14. The molecule has 5 nitrogen and oxygen atoms in total. The van der Waals surface area contributed by atoms with E-state index in [9.17, 15) is 4.79 Å². The number of likely N-dealkylation sites (tertiary alicyclic amines) is 1. The second-order valence-corrected chi connectivity index (χ2v) is 7.56. The number of carbonyl (C=O) groups is 1. The van der Waals surface area contributed by atoms with Crippen LogP contribution in [0.3, 0.4) is 0 Å². The summed E-state index contributed by atoms with van der Waals surface area (Å²) in [7, 11) is 3.15. The molecule has 144 valence electrons. The Labute approximate surface area is 168 Å². The molecule has 0 spiro atoms. The van der Waals surface area contributed by atoms with Crippen molar-refractivity contribution >= 4 is 21.8 Å². The number of ether oxygens (including phenoxy) is 2. The number of rotatable bonds is 5. The first-order valence-corrected chi connectivity index (χ1v) is 9.86. The lowest BCUT2D eigenvalue weighted by Gasteiger charge is -2.32. The van der Waals surface area contributed by atoms with E-state index in [2.05, 4.69) is 40.2 Å². The van der Waals surface area contributed by atoms with Gasteiger partial charge in [-0.1, -0.05) is 24.3 Å². The number of carbonyl (C=O) groups excluding carboxylic acids is 1. The van der Waals surface area contributed by atoms with Crippen molar-refractivity contribution in [2.45, 2.75) is 25.3 Å². The van der Waals surface area contributed by atoms with Gasteiger partial charge in [0, 0.05) is 24.1 Å². The molecule has 2 aromatic carbocycles. The van der Waals surface area contributed by atoms with Crippen LogP contribution >= 0.6 is 15.9 Å². The highest BCUT2D eigenvalue weighted by Gasteiger charge is 2.26. The number of hydrogen-bond donors (Lipinski definition) is 1. The summed E-state index contributed by atoms with van der Waals surface area (Å²) >= 11 is 3.49. The van der Waals surface area contributed by atoms with Crippen molar-refractivity contribution in [3.63, 3.8) is 0 Å². The van der Waals surface area contributed by atoms with Gasteiger partial charge in [-0.15, -0.1) is 0 Å². The molecule has 6 heteroatoms. The summed E-state index contributed by atoms with van der Waals surface area (Å²) in [5, 5.41) is 0. The van der Waals surface area contributed by atoms with Gasteiger partial charge in [-0.3, -0.25) is 4.79 Å². The monoisotopic (exact) mass is 432 g/mol. The number of halogens is 1. The van der Waals surface area contributed by atoms with Crippen LogP contribution < -0.4 is 15.2 Å². The van der Waals surface area contributed by atoms with Crippen molar-refractivity contribution in [2.24, 2.45) is 5.73 Å². The Morgan fingerprint density at radius 2 is 1.81 bits per heavy atom. The Morgan fingerprint density at radius 3 is 2.44 bits per heavy atom. The SMILES string of the molecule is COc1cc(Br)c(C(=O)N2CCC(c3cccc(CN)c3)CC2)cc1OC. The van der Waals surface area contributed by atoms with E-state index in [1.807, 2.05) is 4.90 Å². The summed E-state index contributed by atoms with van der Waals surface area (Å²) in [5.41, 5.74) is 8.82. The number of nitrogens with two attached hydrogens (primary N) is 1. The second kappa shape index (κ2) is 8.76. The Balaban J connectivity index is 1.71. The number of amides is 1. The van der Waals surface area contributed by atoms with Crippen molar-refractivity contribution in [1.82, 2.24) is 4.90 Å². The van der Waals surface area contributed by atoms with Crippen LogP contribution in [-0.2, 0) is 6.54 Å². The molecule has 1 saturated heterocycles. The van der Waals surface area contributed by atoms with E-state index in [1.165, 1.54) is 5.56 Å². The molecular formula is C21H25BrN2O3. The molecule has 0 radical (unpaired) electrons. The number of hydrogen-bond acceptors (Lipinski definition) is 4. The molecule has 0 bridgehead atoms. The average Bonchev–Trinajstić information content (AvgIpc) is 2.73. The maximum Gasteiger partial charge on any atom is 0.255 e. The molecule has 1 amide bonds. The van der Waals surface area contributed by atoms with Crippen LogP contribution in [0.5, 0.6) is 11.5 Å². The fraction of sp³-hybridized carbons (Fsp3) is 0.381. The van der Waals surface area contributed by atoms with Crippen LogP contribution in [-0.4, -0.2) is 38.1 Å². The molecule has 1 fully saturated rings. The van der Waals surface area contributed by atoms with Gasteiger partial charge in [-0.2, -0.15) is 0 Å². The lowest BCUT2D eigenvalue weighted by atomic mass is 9.88. The van der Waals surface area contributed by atoms with Crippen molar-refractivity contribution in [3.05, 3.63) is 57.6 Å². The summed E-state index contributed by atoms with van der Waals surface area (Å²) in [6.45, 7) is 2.02. The smallest absolute Gasteiger partial charge is 0.255 e. The zero-order valence-corrected chi connectivity index (χ0v) is 17.3. The standard InChI is InChI=1S/C21H25BrN2O3/c1-26-19-11-17(18(22)12-20(19)27-2)21(25)24-8-6-15(7-9-24)16-5-3-4-14(10-16)13-23/h3-5,10-12,15H,6-9,13,23H2,1-2H3. The van der Waals surface area contributed by atoms with Crippen molar-refractivity contribution < 1.29 is 14.3 Å². The fourth-order valence-electron chi connectivity index (χ4n) is 3.58. The van der Waals surface area contributed by atoms with Gasteiger partial charge in [0.1, 0.15) is 0 Å². The topological polar surface area (TPSA) is 64.8 Å². The van der Waals surface area contributed by atoms with Crippen LogP contribution in [0.25, 0.3) is 0 Å². The lowest BCUT2D eigenvalue weighted by Crippen LogP contribution is -2.38. The average molecular weight is 433 g/mol. The molecule has 2 aromatic rings. The lowest BCUT2D eigenvalue weighted by molar-refractivity contribution is 0.0711. The van der Waals surface area contributed by atoms with Gasteiger partial charge in [0.05, 0.1) is 19.8 Å². The molecule has 27 heavy (non-hydrogen) atoms. The van der Waals surface area contributed by atoms with Crippen molar-refractivity contribution in [3.8, 4) is 11.5 Å². The second-order valence-electron chi connectivity index (χ2n) is 6.70. The normalized spacial score (nSPS) is 14.9. The summed E-state index contributed by atoms with van der Waals surface area (Å²) in [6.07, 6.45) is 1.90. The molecular weight excluding hydrogens is 408 g/mol. The molecule has 0 aliphatic carbocycles. The van der Waals surface area contributed by atoms with E-state index in [4.69, 9.17) is 15.2 Å². The van der Waals surface area contributed by atoms with Gasteiger partial charge in [0.2, 0.25) is 0 Å². The summed E-state index contributed by atoms with van der Waals surface area (Å²) in [6, 6.07) is 12.0. The Kier molecular flexibility index (Phi) is 6.39. The number of piperidine rings is 1. The van der Waals surface area contributed by atoms with Gasteiger partial charge >= 0.3 is 0 Å². The highest BCUT2D eigenvalue weighted by Crippen LogP contribution is 2.35. The Hall–Kier alpha value is -2.05. The third kappa shape index (κ3) is 4.28. The molecule has 0 unspecified atom stereocenters. The van der Waals surface area contributed by atoms with Gasteiger partial charge in [0.25, 0.3) is 5.91 Å². The zero-order chi connectivity index (χ0) is 19.4. The van der Waals surface area contributed by atoms with Gasteiger partial charge in [-0.05, 0) is 57.9 Å². The van der Waals surface area contributed by atoms with E-state index < -0.39 is 0 Å². The minimum Gasteiger partial charge on any atom is -0.493 e. The van der Waals surface area contributed by atoms with Crippen LogP contribution in [0.4, 0.5) is 0 Å². The molecule has 1 aliphatic rings. The molecule has 0 aromatic heterocycles. The van der Waals surface area contributed by atoms with Crippen molar-refractivity contribution in [2.75, 3.05) is 27.3 Å². The highest BCUT2D eigenvalue weighted by atomic mass is 79.9. The van der Waals surface area contributed by atoms with Crippen molar-refractivity contribution in [1.29, 1.82) is 0 Å². The van der Waals surface area contributed by atoms with Crippen LogP contribution in [0.15, 0.2) is 40.9 Å². The maximum absolute atomic E-state index is 13.0. The van der Waals surface area contributed by atoms with Gasteiger partial charge < -0.3 is 20.1 Å². The quantitative estimate of drug-likeness (QED) is 0.776. The van der Waals surface area contributed by atoms with E-state index >= 15 is 0 Å². The number of benzene rings is 2.